The van der Waals surface area contributed by atoms with Gasteiger partial charge in [-0.05, 0) is 55.9 Å². The second-order valence-electron chi connectivity index (χ2n) is 9.49. The number of primary amides is 1. The number of hydrogen-bond donors (Lipinski definition) is 3. The number of carbonyl (C=O) groups is 1. The summed E-state index contributed by atoms with van der Waals surface area (Å²) in [6.07, 6.45) is 1.47. The minimum atomic E-state index is -0.621. The molecule has 1 saturated heterocycles. The average molecular weight is 544 g/mol. The number of nitrogens with one attached hydrogen (secondary N) is 1. The number of aryl methyl sites for hydroxylation is 1. The number of aromatic nitrogens is 3. The van der Waals surface area contributed by atoms with E-state index in [0.29, 0.717) is 27.7 Å². The van der Waals surface area contributed by atoms with Crippen LogP contribution in [0.3, 0.4) is 0 Å². The number of piperazine rings is 1. The van der Waals surface area contributed by atoms with Gasteiger partial charge < -0.3 is 26.3 Å². The topological polar surface area (TPSA) is 117 Å². The summed E-state index contributed by atoms with van der Waals surface area (Å²) in [6.45, 7) is 5.49. The maximum Gasteiger partial charge on any atom is 0.250 e. The summed E-state index contributed by atoms with van der Waals surface area (Å²) in [6, 6.07) is 11.9. The van der Waals surface area contributed by atoms with Gasteiger partial charge in [-0.1, -0.05) is 29.5 Å². The van der Waals surface area contributed by atoms with Crippen molar-refractivity contribution in [2.24, 2.45) is 5.73 Å². The van der Waals surface area contributed by atoms with Gasteiger partial charge in [0.15, 0.2) is 0 Å². The van der Waals surface area contributed by atoms with E-state index < -0.39 is 11.7 Å². The van der Waals surface area contributed by atoms with E-state index in [1.807, 2.05) is 13.0 Å². The predicted octanol–water partition coefficient (Wildman–Crippen LogP) is 4.07. The van der Waals surface area contributed by atoms with Crippen molar-refractivity contribution in [1.29, 1.82) is 0 Å². The molecular formula is C29H27ClFN7O. The number of nitrogen functional groups attached to an aromatic ring is 1. The van der Waals surface area contributed by atoms with E-state index in [9.17, 15) is 9.18 Å². The Morgan fingerprint density at radius 2 is 1.82 bits per heavy atom. The Labute approximate surface area is 230 Å². The summed E-state index contributed by atoms with van der Waals surface area (Å²) in [5.41, 5.74) is 16.4. The predicted molar refractivity (Wildman–Crippen MR) is 152 cm³/mol. The molecule has 0 atom stereocenters. The Hall–Kier alpha value is -4.39. The molecule has 0 bridgehead atoms. The molecule has 0 spiro atoms. The second kappa shape index (κ2) is 10.8. The second-order valence-corrected chi connectivity index (χ2v) is 9.93. The monoisotopic (exact) mass is 543 g/mol. The number of likely N-dealkylation sites (N-methyl/N-ethyl adjacent to an activating group) is 1. The molecule has 0 unspecified atom stereocenters. The van der Waals surface area contributed by atoms with Gasteiger partial charge in [-0.25, -0.2) is 14.4 Å². The van der Waals surface area contributed by atoms with E-state index in [-0.39, 0.29) is 17.1 Å². The Balaban J connectivity index is 1.56. The zero-order valence-electron chi connectivity index (χ0n) is 21.6. The van der Waals surface area contributed by atoms with E-state index in [2.05, 4.69) is 43.6 Å². The van der Waals surface area contributed by atoms with Gasteiger partial charge in [-0.2, -0.15) is 0 Å². The van der Waals surface area contributed by atoms with Crippen molar-refractivity contribution in [3.8, 4) is 34.5 Å². The number of nitrogens with zero attached hydrogens (tertiary/aromatic N) is 4. The van der Waals surface area contributed by atoms with E-state index in [1.165, 1.54) is 12.3 Å². The highest BCUT2D eigenvalue weighted by atomic mass is 35.5. The molecule has 0 radical (unpaired) electrons. The van der Waals surface area contributed by atoms with Gasteiger partial charge in [0.05, 0.1) is 28.1 Å². The van der Waals surface area contributed by atoms with Gasteiger partial charge in [-0.3, -0.25) is 4.79 Å². The normalized spacial score (nSPS) is 13.7. The molecule has 1 aliphatic rings. The van der Waals surface area contributed by atoms with E-state index in [0.717, 1.165) is 43.0 Å². The summed E-state index contributed by atoms with van der Waals surface area (Å²) in [7, 11) is 2.08. The molecule has 39 heavy (non-hydrogen) atoms. The zero-order valence-corrected chi connectivity index (χ0v) is 22.3. The Morgan fingerprint density at radius 3 is 2.56 bits per heavy atom. The lowest BCUT2D eigenvalue weighted by atomic mass is 10.0. The third-order valence-corrected chi connectivity index (χ3v) is 7.00. The number of amides is 1. The quantitative estimate of drug-likeness (QED) is 0.334. The molecule has 0 saturated carbocycles. The largest absolute Gasteiger partial charge is 0.369 e. The fraction of sp³-hybridized carbons (Fsp3) is 0.207. The number of nitrogens with two attached hydrogens (primary N) is 2. The van der Waals surface area contributed by atoms with Crippen LogP contribution in [0.2, 0.25) is 5.02 Å². The first-order valence-electron chi connectivity index (χ1n) is 12.4. The molecule has 0 aliphatic carbocycles. The van der Waals surface area contributed by atoms with E-state index in [1.54, 1.807) is 30.3 Å². The summed E-state index contributed by atoms with van der Waals surface area (Å²) < 4.78 is 14.7. The third kappa shape index (κ3) is 5.58. The summed E-state index contributed by atoms with van der Waals surface area (Å²) in [4.78, 5) is 28.5. The van der Waals surface area contributed by atoms with Crippen molar-refractivity contribution in [2.75, 3.05) is 43.9 Å². The van der Waals surface area contributed by atoms with E-state index in [4.69, 9.17) is 23.1 Å². The summed E-state index contributed by atoms with van der Waals surface area (Å²) in [5.74, 6) is 4.91. The van der Waals surface area contributed by atoms with Crippen LogP contribution < -0.4 is 16.4 Å². The fourth-order valence-electron chi connectivity index (χ4n) is 4.55. The molecule has 2 aromatic heterocycles. The number of rotatable bonds is 4. The van der Waals surface area contributed by atoms with Crippen LogP contribution in [0.25, 0.3) is 22.6 Å². The molecule has 3 heterocycles. The number of H-pyrrole nitrogens is 1. The van der Waals surface area contributed by atoms with Crippen LogP contribution in [0, 0.1) is 24.6 Å². The zero-order chi connectivity index (χ0) is 27.7. The van der Waals surface area contributed by atoms with Gasteiger partial charge in [0.2, 0.25) is 5.95 Å². The minimum Gasteiger partial charge on any atom is -0.369 e. The number of anilines is 2. The van der Waals surface area contributed by atoms with Crippen LogP contribution in [0.15, 0.2) is 48.7 Å². The maximum atomic E-state index is 14.7. The molecule has 4 aromatic rings. The molecule has 1 amide bonds. The average Bonchev–Trinajstić information content (AvgIpc) is 3.36. The van der Waals surface area contributed by atoms with Crippen molar-refractivity contribution in [3.05, 3.63) is 81.8 Å². The minimum absolute atomic E-state index is 0.0227. The first-order valence-corrected chi connectivity index (χ1v) is 12.7. The molecule has 2 aromatic carbocycles. The lowest BCUT2D eigenvalue weighted by Gasteiger charge is -2.34. The molecule has 5 rings (SSSR count). The van der Waals surface area contributed by atoms with Gasteiger partial charge in [0.25, 0.3) is 5.91 Å². The number of halogens is 2. The molecule has 5 N–H and O–H groups in total. The van der Waals surface area contributed by atoms with Crippen molar-refractivity contribution >= 4 is 29.1 Å². The van der Waals surface area contributed by atoms with E-state index >= 15 is 0 Å². The van der Waals surface area contributed by atoms with Gasteiger partial charge in [-0.15, -0.1) is 0 Å². The highest BCUT2D eigenvalue weighted by Gasteiger charge is 2.20. The third-order valence-electron chi connectivity index (χ3n) is 6.76. The van der Waals surface area contributed by atoms with Crippen LogP contribution in [0.4, 0.5) is 16.0 Å². The molecule has 10 heteroatoms. The van der Waals surface area contributed by atoms with Crippen LogP contribution >= 0.6 is 11.6 Å². The maximum absolute atomic E-state index is 14.7. The van der Waals surface area contributed by atoms with Crippen LogP contribution in [0.5, 0.6) is 0 Å². The smallest absolute Gasteiger partial charge is 0.250 e. The van der Waals surface area contributed by atoms with Crippen molar-refractivity contribution in [2.45, 2.75) is 6.92 Å². The summed E-state index contributed by atoms with van der Waals surface area (Å²) >= 11 is 6.23. The Morgan fingerprint density at radius 1 is 1.08 bits per heavy atom. The number of carbonyl (C=O) groups excluding carboxylic acids is 1. The van der Waals surface area contributed by atoms with Gasteiger partial charge in [0.1, 0.15) is 11.5 Å². The highest BCUT2D eigenvalue weighted by molar-refractivity contribution is 6.31. The number of aromatic amines is 1. The SMILES string of the molecule is Cc1ccc(Cl)cc1-c1[nH]c(-c2nc(N)ncc2C#Cc2cc(N3CCN(C)CC3)ccc2F)cc1C(N)=O. The molecule has 1 aliphatic heterocycles. The summed E-state index contributed by atoms with van der Waals surface area (Å²) in [5, 5.41) is 0.515. The number of hydrogen-bond acceptors (Lipinski definition) is 6. The Bertz CT molecular complexity index is 1630. The molecule has 198 valence electrons. The van der Waals surface area contributed by atoms with Gasteiger partial charge >= 0.3 is 0 Å². The van der Waals surface area contributed by atoms with Crippen LogP contribution in [0.1, 0.15) is 27.0 Å². The van der Waals surface area contributed by atoms with Gasteiger partial charge in [0, 0.05) is 48.6 Å². The Kier molecular flexibility index (Phi) is 7.24. The molecular weight excluding hydrogens is 517 g/mol. The van der Waals surface area contributed by atoms with Crippen molar-refractivity contribution in [1.82, 2.24) is 19.9 Å². The lowest BCUT2D eigenvalue weighted by Crippen LogP contribution is -2.44. The molecule has 1 fully saturated rings. The van der Waals surface area contributed by atoms with Crippen molar-refractivity contribution in [3.63, 3.8) is 0 Å². The first-order chi connectivity index (χ1) is 18.7. The molecule has 8 nitrogen and oxygen atoms in total. The fourth-order valence-corrected chi connectivity index (χ4v) is 4.72. The standard InChI is InChI=1S/C29H27ClFN7O/c1-17-3-6-20(30)14-22(17)27-23(28(32)39)15-25(35-27)26-19(16-34-29(33)36-26)5-4-18-13-21(7-8-24(18)31)38-11-9-37(2)10-12-38/h3,6-8,13-16,35H,9-12H2,1-2H3,(H2,32,39)(H2,33,34,36). The number of benzene rings is 2. The highest BCUT2D eigenvalue weighted by Crippen LogP contribution is 2.33. The van der Waals surface area contributed by atoms with Crippen molar-refractivity contribution < 1.29 is 9.18 Å². The van der Waals surface area contributed by atoms with Crippen LogP contribution in [-0.4, -0.2) is 59.0 Å². The lowest BCUT2D eigenvalue weighted by molar-refractivity contribution is 0.100. The first kappa shape index (κ1) is 26.2. The van der Waals surface area contributed by atoms with Crippen LogP contribution in [-0.2, 0) is 0 Å².